The molecule has 0 atom stereocenters. The number of likely N-dealkylation sites (tertiary alicyclic amines) is 1. The van der Waals surface area contributed by atoms with Gasteiger partial charge in [0.15, 0.2) is 0 Å². The van der Waals surface area contributed by atoms with Crippen molar-refractivity contribution in [2.24, 2.45) is 0 Å². The van der Waals surface area contributed by atoms with E-state index in [0.717, 1.165) is 19.6 Å². The fourth-order valence-electron chi connectivity index (χ4n) is 2.21. The number of carbonyl (C=O) groups is 1. The Labute approximate surface area is 73.1 Å². The molecule has 3 heteroatoms. The molecule has 2 rings (SSSR count). The molecule has 68 valence electrons. The summed E-state index contributed by atoms with van der Waals surface area (Å²) in [5.41, 5.74) is 0.309. The maximum absolute atomic E-state index is 11.0. The molecule has 0 aromatic carbocycles. The summed E-state index contributed by atoms with van der Waals surface area (Å²) < 4.78 is 0. The number of nitrogens with one attached hydrogen (secondary N) is 1. The second-order valence-corrected chi connectivity index (χ2v) is 4.04. The van der Waals surface area contributed by atoms with Crippen LogP contribution in [0, 0.1) is 0 Å². The van der Waals surface area contributed by atoms with Crippen LogP contribution in [0.25, 0.3) is 0 Å². The first-order valence-corrected chi connectivity index (χ1v) is 4.72. The van der Waals surface area contributed by atoms with E-state index in [9.17, 15) is 4.79 Å². The molecule has 1 N–H and O–H groups in total. The Bertz CT molecular complexity index is 189. The third-order valence-electron chi connectivity index (χ3n) is 3.01. The minimum Gasteiger partial charge on any atom is -0.339 e. The first-order chi connectivity index (χ1) is 5.72. The Morgan fingerprint density at radius 1 is 1.42 bits per heavy atom. The second kappa shape index (κ2) is 2.73. The maximum Gasteiger partial charge on any atom is 0.219 e. The second-order valence-electron chi connectivity index (χ2n) is 4.04. The van der Waals surface area contributed by atoms with Gasteiger partial charge in [0.05, 0.1) is 5.54 Å². The molecule has 2 fully saturated rings. The van der Waals surface area contributed by atoms with Crippen molar-refractivity contribution < 1.29 is 4.79 Å². The van der Waals surface area contributed by atoms with Crippen molar-refractivity contribution in [2.75, 3.05) is 19.6 Å². The highest BCUT2D eigenvalue weighted by molar-refractivity contribution is 5.74. The first-order valence-electron chi connectivity index (χ1n) is 4.72. The van der Waals surface area contributed by atoms with Gasteiger partial charge in [-0.25, -0.2) is 0 Å². The van der Waals surface area contributed by atoms with Crippen LogP contribution in [0.3, 0.4) is 0 Å². The van der Waals surface area contributed by atoms with Gasteiger partial charge in [-0.05, 0) is 19.4 Å². The number of hydrogen-bond acceptors (Lipinski definition) is 2. The summed E-state index contributed by atoms with van der Waals surface area (Å²) in [5, 5.41) is 3.52. The predicted molar refractivity (Wildman–Crippen MR) is 46.8 cm³/mol. The van der Waals surface area contributed by atoms with E-state index in [0.29, 0.717) is 5.54 Å². The van der Waals surface area contributed by atoms with Gasteiger partial charge in [0.25, 0.3) is 0 Å². The van der Waals surface area contributed by atoms with Crippen molar-refractivity contribution >= 4 is 5.91 Å². The zero-order valence-electron chi connectivity index (χ0n) is 7.60. The molecule has 2 saturated heterocycles. The fraction of sp³-hybridized carbons (Fsp3) is 0.889. The molecule has 0 aromatic rings. The highest BCUT2D eigenvalue weighted by Gasteiger charge is 2.44. The van der Waals surface area contributed by atoms with E-state index >= 15 is 0 Å². The van der Waals surface area contributed by atoms with Gasteiger partial charge in [-0.3, -0.25) is 4.79 Å². The molecule has 1 spiro atoms. The first kappa shape index (κ1) is 8.05. The van der Waals surface area contributed by atoms with Crippen molar-refractivity contribution in [3.8, 4) is 0 Å². The molecule has 0 unspecified atom stereocenters. The highest BCUT2D eigenvalue weighted by atomic mass is 16.2. The van der Waals surface area contributed by atoms with Gasteiger partial charge in [-0.2, -0.15) is 0 Å². The summed E-state index contributed by atoms with van der Waals surface area (Å²) in [6, 6.07) is 0. The van der Waals surface area contributed by atoms with Crippen LogP contribution >= 0.6 is 0 Å². The molecule has 12 heavy (non-hydrogen) atoms. The molecular weight excluding hydrogens is 152 g/mol. The molecule has 2 heterocycles. The minimum absolute atomic E-state index is 0.216. The van der Waals surface area contributed by atoms with Gasteiger partial charge in [0.1, 0.15) is 0 Å². The van der Waals surface area contributed by atoms with Gasteiger partial charge < -0.3 is 10.2 Å². The topological polar surface area (TPSA) is 32.3 Å². The number of rotatable bonds is 0. The van der Waals surface area contributed by atoms with E-state index in [2.05, 4.69) is 5.32 Å². The summed E-state index contributed by atoms with van der Waals surface area (Å²) in [7, 11) is 0. The predicted octanol–water partition coefficient (Wildman–Crippen LogP) is 0.361. The van der Waals surface area contributed by atoms with Crippen LogP contribution in [-0.4, -0.2) is 36.0 Å². The lowest BCUT2D eigenvalue weighted by Crippen LogP contribution is -2.71. The average molecular weight is 168 g/mol. The molecule has 0 radical (unpaired) electrons. The Hall–Kier alpha value is -0.570. The van der Waals surface area contributed by atoms with Gasteiger partial charge in [-0.1, -0.05) is 6.42 Å². The quantitative estimate of drug-likeness (QED) is 0.566. The molecule has 3 nitrogen and oxygen atoms in total. The molecule has 2 aliphatic rings. The van der Waals surface area contributed by atoms with Crippen LogP contribution in [0.5, 0.6) is 0 Å². The Kier molecular flexibility index (Phi) is 1.83. The minimum atomic E-state index is 0.216. The average Bonchev–Trinajstić information content (AvgIpc) is 2.01. The Balaban J connectivity index is 1.88. The molecule has 1 amide bonds. The van der Waals surface area contributed by atoms with Gasteiger partial charge in [0, 0.05) is 20.0 Å². The van der Waals surface area contributed by atoms with E-state index in [-0.39, 0.29) is 5.91 Å². The third-order valence-corrected chi connectivity index (χ3v) is 3.01. The van der Waals surface area contributed by atoms with E-state index in [1.807, 2.05) is 4.90 Å². The summed E-state index contributed by atoms with van der Waals surface area (Å²) in [6.07, 6.45) is 3.86. The van der Waals surface area contributed by atoms with E-state index < -0.39 is 0 Å². The number of amides is 1. The van der Waals surface area contributed by atoms with Gasteiger partial charge in [-0.15, -0.1) is 0 Å². The van der Waals surface area contributed by atoms with E-state index in [4.69, 9.17) is 0 Å². The summed E-state index contributed by atoms with van der Waals surface area (Å²) >= 11 is 0. The number of nitrogens with zero attached hydrogens (tertiary/aromatic N) is 1. The van der Waals surface area contributed by atoms with Crippen LogP contribution in [0.4, 0.5) is 0 Å². The SMILES string of the molecule is CC(=O)N1CC2(CCCCN2)C1. The van der Waals surface area contributed by atoms with Gasteiger partial charge in [0.2, 0.25) is 5.91 Å². The highest BCUT2D eigenvalue weighted by Crippen LogP contribution is 2.29. The van der Waals surface area contributed by atoms with Crippen LogP contribution < -0.4 is 5.32 Å². The monoisotopic (exact) mass is 168 g/mol. The van der Waals surface area contributed by atoms with Crippen molar-refractivity contribution in [1.82, 2.24) is 10.2 Å². The Morgan fingerprint density at radius 3 is 2.67 bits per heavy atom. The Morgan fingerprint density at radius 2 is 2.17 bits per heavy atom. The molecule has 0 aromatic heterocycles. The molecule has 2 aliphatic heterocycles. The van der Waals surface area contributed by atoms with Crippen molar-refractivity contribution in [1.29, 1.82) is 0 Å². The van der Waals surface area contributed by atoms with Crippen molar-refractivity contribution in [3.63, 3.8) is 0 Å². The lowest BCUT2D eigenvalue weighted by molar-refractivity contribution is -0.138. The molecular formula is C9H16N2O. The summed E-state index contributed by atoms with van der Waals surface area (Å²) in [6.45, 7) is 4.64. The summed E-state index contributed by atoms with van der Waals surface area (Å²) in [4.78, 5) is 12.9. The van der Waals surface area contributed by atoms with Crippen molar-refractivity contribution in [2.45, 2.75) is 31.7 Å². The standard InChI is InChI=1S/C9H16N2O/c1-8(12)11-6-9(7-11)4-2-3-5-10-9/h10H,2-7H2,1H3. The smallest absolute Gasteiger partial charge is 0.219 e. The third kappa shape index (κ3) is 1.22. The van der Waals surface area contributed by atoms with Crippen LogP contribution in [0.1, 0.15) is 26.2 Å². The molecule has 0 aliphatic carbocycles. The summed E-state index contributed by atoms with van der Waals surface area (Å²) in [5.74, 6) is 0.216. The zero-order chi connectivity index (χ0) is 8.60. The zero-order valence-corrected chi connectivity index (χ0v) is 7.60. The van der Waals surface area contributed by atoms with Crippen LogP contribution in [0.2, 0.25) is 0 Å². The lowest BCUT2D eigenvalue weighted by Gasteiger charge is -2.52. The number of hydrogen-bond donors (Lipinski definition) is 1. The molecule has 0 bridgehead atoms. The molecule has 0 saturated carbocycles. The number of carbonyl (C=O) groups excluding carboxylic acids is 1. The largest absolute Gasteiger partial charge is 0.339 e. The van der Waals surface area contributed by atoms with Gasteiger partial charge >= 0.3 is 0 Å². The fourth-order valence-corrected chi connectivity index (χ4v) is 2.21. The lowest BCUT2D eigenvalue weighted by atomic mass is 9.82. The van der Waals surface area contributed by atoms with Crippen molar-refractivity contribution in [3.05, 3.63) is 0 Å². The normalized spacial score (nSPS) is 26.9. The van der Waals surface area contributed by atoms with Crippen LogP contribution in [-0.2, 0) is 4.79 Å². The number of piperidine rings is 1. The van der Waals surface area contributed by atoms with E-state index in [1.54, 1.807) is 6.92 Å². The van der Waals surface area contributed by atoms with Crippen LogP contribution in [0.15, 0.2) is 0 Å². The maximum atomic E-state index is 11.0. The van der Waals surface area contributed by atoms with E-state index in [1.165, 1.54) is 19.3 Å².